The van der Waals surface area contributed by atoms with Crippen LogP contribution in [0.3, 0.4) is 0 Å². The van der Waals surface area contributed by atoms with Crippen LogP contribution >= 0.6 is 11.3 Å². The molecule has 1 N–H and O–H groups in total. The Morgan fingerprint density at radius 1 is 1.29 bits per heavy atom. The number of hydrogen-bond donors (Lipinski definition) is 1. The van der Waals surface area contributed by atoms with E-state index in [0.29, 0.717) is 19.5 Å². The number of rotatable bonds is 2. The fraction of sp³-hybridized carbons (Fsp3) is 0.706. The average Bonchev–Trinajstić information content (AvgIpc) is 2.70. The first-order valence-corrected chi connectivity index (χ1v) is 11.1. The van der Waals surface area contributed by atoms with E-state index in [-0.39, 0.29) is 17.8 Å². The summed E-state index contributed by atoms with van der Waals surface area (Å²) in [6.45, 7) is 6.93. The minimum atomic E-state index is -3.09. The van der Waals surface area contributed by atoms with Crippen LogP contribution in [-0.2, 0) is 9.84 Å². The second-order valence-electron chi connectivity index (χ2n) is 7.13. The van der Waals surface area contributed by atoms with Crippen LogP contribution in [0.2, 0.25) is 0 Å². The van der Waals surface area contributed by atoms with Gasteiger partial charge in [0.1, 0.15) is 0 Å². The summed E-state index contributed by atoms with van der Waals surface area (Å²) in [5, 5.41) is 3.04. The number of carbonyl (C=O) groups excluding carboxylic acids is 1. The highest BCUT2D eigenvalue weighted by atomic mass is 32.2. The number of thiophene rings is 1. The van der Waals surface area contributed by atoms with E-state index in [1.165, 1.54) is 9.75 Å². The molecule has 1 aliphatic heterocycles. The maximum atomic E-state index is 12.6. The quantitative estimate of drug-likeness (QED) is 0.869. The van der Waals surface area contributed by atoms with Crippen LogP contribution in [-0.4, -0.2) is 42.9 Å². The number of nitrogens with zero attached hydrogens (tertiary/aromatic N) is 1. The highest BCUT2D eigenvalue weighted by Gasteiger charge is 2.49. The number of urea groups is 1. The largest absolute Gasteiger partial charge is 0.331 e. The van der Waals surface area contributed by atoms with Gasteiger partial charge in [0.2, 0.25) is 0 Å². The van der Waals surface area contributed by atoms with Gasteiger partial charge in [0.05, 0.1) is 16.5 Å². The van der Waals surface area contributed by atoms with Crippen molar-refractivity contribution in [3.63, 3.8) is 0 Å². The number of sulfone groups is 1. The standard InChI is InChI=1S/C17H26N2O3S2/c1-12-11-15(14(3)23-12)13(2)18-16(20)19-8-7-17(5-4-6-17)24(21,22)10-9-19/h11,13H,4-10H2,1-3H3,(H,18,20). The van der Waals surface area contributed by atoms with Gasteiger partial charge < -0.3 is 10.2 Å². The molecule has 0 aromatic carbocycles. The van der Waals surface area contributed by atoms with Gasteiger partial charge in [0, 0.05) is 22.8 Å². The summed E-state index contributed by atoms with van der Waals surface area (Å²) in [6.07, 6.45) is 3.08. The molecule has 0 radical (unpaired) electrons. The van der Waals surface area contributed by atoms with Crippen molar-refractivity contribution in [3.05, 3.63) is 21.4 Å². The van der Waals surface area contributed by atoms with E-state index in [0.717, 1.165) is 24.8 Å². The van der Waals surface area contributed by atoms with E-state index < -0.39 is 14.6 Å². The highest BCUT2D eigenvalue weighted by Crippen LogP contribution is 2.43. The summed E-state index contributed by atoms with van der Waals surface area (Å²) >= 11 is 1.73. The topological polar surface area (TPSA) is 66.5 Å². The van der Waals surface area contributed by atoms with Gasteiger partial charge in [-0.3, -0.25) is 0 Å². The first kappa shape index (κ1) is 17.7. The predicted octanol–water partition coefficient (Wildman–Crippen LogP) is 3.18. The van der Waals surface area contributed by atoms with Crippen molar-refractivity contribution in [1.29, 1.82) is 0 Å². The lowest BCUT2D eigenvalue weighted by Crippen LogP contribution is -2.46. The molecule has 134 valence electrons. The van der Waals surface area contributed by atoms with Gasteiger partial charge >= 0.3 is 6.03 Å². The van der Waals surface area contributed by atoms with Crippen LogP contribution in [0.1, 0.15) is 54.0 Å². The van der Waals surface area contributed by atoms with E-state index in [9.17, 15) is 13.2 Å². The minimum absolute atomic E-state index is 0.0695. The lowest BCUT2D eigenvalue weighted by Gasteiger charge is -2.39. The lowest BCUT2D eigenvalue weighted by atomic mass is 9.81. The molecule has 1 aliphatic carbocycles. The lowest BCUT2D eigenvalue weighted by molar-refractivity contribution is 0.192. The molecule has 0 bridgehead atoms. The summed E-state index contributed by atoms with van der Waals surface area (Å²) < 4.78 is 24.5. The van der Waals surface area contributed by atoms with E-state index in [1.807, 2.05) is 6.92 Å². The third kappa shape index (κ3) is 3.08. The van der Waals surface area contributed by atoms with Crippen molar-refractivity contribution in [2.24, 2.45) is 0 Å². The van der Waals surface area contributed by atoms with Crippen LogP contribution in [0.4, 0.5) is 4.79 Å². The second-order valence-corrected chi connectivity index (χ2v) is 11.1. The van der Waals surface area contributed by atoms with Gasteiger partial charge in [-0.15, -0.1) is 11.3 Å². The van der Waals surface area contributed by atoms with Crippen LogP contribution in [0.15, 0.2) is 6.07 Å². The zero-order chi connectivity index (χ0) is 17.5. The molecule has 3 rings (SSSR count). The first-order chi connectivity index (χ1) is 11.2. The molecule has 5 nitrogen and oxygen atoms in total. The van der Waals surface area contributed by atoms with Gasteiger partial charge in [-0.05, 0) is 51.7 Å². The first-order valence-electron chi connectivity index (χ1n) is 8.59. The molecule has 2 heterocycles. The van der Waals surface area contributed by atoms with Crippen molar-refractivity contribution in [2.45, 2.75) is 57.2 Å². The maximum absolute atomic E-state index is 12.6. The zero-order valence-electron chi connectivity index (χ0n) is 14.6. The molecule has 2 fully saturated rings. The number of nitrogens with one attached hydrogen (secondary N) is 1. The Labute approximate surface area is 148 Å². The fourth-order valence-electron chi connectivity index (χ4n) is 3.82. The smallest absolute Gasteiger partial charge is 0.317 e. The highest BCUT2D eigenvalue weighted by molar-refractivity contribution is 7.92. The molecule has 1 saturated carbocycles. The van der Waals surface area contributed by atoms with E-state index in [4.69, 9.17) is 0 Å². The van der Waals surface area contributed by atoms with E-state index >= 15 is 0 Å². The number of carbonyl (C=O) groups is 1. The molecule has 1 aromatic rings. The Bertz CT molecular complexity index is 735. The van der Waals surface area contributed by atoms with Gasteiger partial charge in [0.25, 0.3) is 0 Å². The minimum Gasteiger partial charge on any atom is -0.331 e. The normalized spacial score (nSPS) is 23.4. The van der Waals surface area contributed by atoms with Gasteiger partial charge in [-0.25, -0.2) is 13.2 Å². The molecule has 24 heavy (non-hydrogen) atoms. The van der Waals surface area contributed by atoms with Crippen LogP contribution in [0.25, 0.3) is 0 Å². The molecule has 1 saturated heterocycles. The number of hydrogen-bond acceptors (Lipinski definition) is 4. The Hall–Kier alpha value is -1.08. The average molecular weight is 371 g/mol. The molecular weight excluding hydrogens is 344 g/mol. The maximum Gasteiger partial charge on any atom is 0.317 e. The van der Waals surface area contributed by atoms with Crippen LogP contribution in [0, 0.1) is 13.8 Å². The fourth-order valence-corrected chi connectivity index (χ4v) is 7.05. The van der Waals surface area contributed by atoms with Crippen LogP contribution in [0.5, 0.6) is 0 Å². The van der Waals surface area contributed by atoms with Crippen molar-refractivity contribution >= 4 is 27.2 Å². The summed E-state index contributed by atoms with van der Waals surface area (Å²) in [4.78, 5) is 16.7. The molecule has 7 heteroatoms. The van der Waals surface area contributed by atoms with Crippen molar-refractivity contribution in [1.82, 2.24) is 10.2 Å². The van der Waals surface area contributed by atoms with E-state index in [1.54, 1.807) is 16.2 Å². The van der Waals surface area contributed by atoms with Crippen LogP contribution < -0.4 is 5.32 Å². The van der Waals surface area contributed by atoms with E-state index in [2.05, 4.69) is 25.2 Å². The molecule has 1 unspecified atom stereocenters. The number of aryl methyl sites for hydroxylation is 2. The molecule has 2 aliphatic rings. The second kappa shape index (κ2) is 6.33. The van der Waals surface area contributed by atoms with Gasteiger partial charge in [-0.1, -0.05) is 6.42 Å². The monoisotopic (exact) mass is 370 g/mol. The number of amides is 2. The molecular formula is C17H26N2O3S2. The Morgan fingerprint density at radius 3 is 2.54 bits per heavy atom. The van der Waals surface area contributed by atoms with Crippen molar-refractivity contribution in [3.8, 4) is 0 Å². The summed E-state index contributed by atoms with van der Waals surface area (Å²) in [5.41, 5.74) is 1.14. The Kier molecular flexibility index (Phi) is 4.68. The Balaban J connectivity index is 1.66. The molecule has 2 amide bonds. The van der Waals surface area contributed by atoms with Crippen molar-refractivity contribution < 1.29 is 13.2 Å². The van der Waals surface area contributed by atoms with Crippen molar-refractivity contribution in [2.75, 3.05) is 18.8 Å². The third-order valence-corrected chi connectivity index (χ3v) is 9.20. The molecule has 1 spiro atoms. The molecule has 1 atom stereocenters. The third-order valence-electron chi connectivity index (χ3n) is 5.56. The zero-order valence-corrected chi connectivity index (χ0v) is 16.2. The predicted molar refractivity (Wildman–Crippen MR) is 97.3 cm³/mol. The Morgan fingerprint density at radius 2 is 2.00 bits per heavy atom. The van der Waals surface area contributed by atoms with Gasteiger partial charge in [-0.2, -0.15) is 0 Å². The van der Waals surface area contributed by atoms with Gasteiger partial charge in [0.15, 0.2) is 9.84 Å². The SMILES string of the molecule is Cc1cc(C(C)NC(=O)N2CCC3(CCC3)S(=O)(=O)CC2)c(C)s1. The summed E-state index contributed by atoms with van der Waals surface area (Å²) in [5.74, 6) is 0.0887. The summed E-state index contributed by atoms with van der Waals surface area (Å²) in [7, 11) is -3.09. The molecule has 1 aromatic heterocycles. The summed E-state index contributed by atoms with van der Waals surface area (Å²) in [6, 6.07) is 1.89.